The number of hydrogen-bond donors (Lipinski definition) is 2. The van der Waals surface area contributed by atoms with Crippen molar-refractivity contribution in [2.75, 3.05) is 25.1 Å². The SMILES string of the molecule is CCOC[C@@H](O)CNc1ccc(-c2nc(C(C)C)no2)cn1. The number of anilines is 1. The Morgan fingerprint density at radius 1 is 1.36 bits per heavy atom. The van der Waals surface area contributed by atoms with E-state index < -0.39 is 6.10 Å². The summed E-state index contributed by atoms with van der Waals surface area (Å²) in [6.45, 7) is 7.18. The first-order valence-electron chi connectivity index (χ1n) is 7.39. The molecule has 22 heavy (non-hydrogen) atoms. The van der Waals surface area contributed by atoms with Crippen LogP contribution in [-0.4, -0.2) is 46.1 Å². The molecule has 0 radical (unpaired) electrons. The van der Waals surface area contributed by atoms with Crippen LogP contribution in [0.3, 0.4) is 0 Å². The highest BCUT2D eigenvalue weighted by Crippen LogP contribution is 2.20. The highest BCUT2D eigenvalue weighted by molar-refractivity contribution is 5.54. The van der Waals surface area contributed by atoms with Crippen LogP contribution >= 0.6 is 0 Å². The minimum atomic E-state index is -0.564. The molecular weight excluding hydrogens is 284 g/mol. The van der Waals surface area contributed by atoms with Gasteiger partial charge >= 0.3 is 0 Å². The number of hydrogen-bond acceptors (Lipinski definition) is 7. The lowest BCUT2D eigenvalue weighted by atomic mass is 10.2. The first kappa shape index (κ1) is 16.4. The molecule has 7 heteroatoms. The molecule has 2 N–H and O–H groups in total. The van der Waals surface area contributed by atoms with Crippen molar-refractivity contribution in [3.05, 3.63) is 24.2 Å². The fourth-order valence-corrected chi connectivity index (χ4v) is 1.75. The van der Waals surface area contributed by atoms with Crippen molar-refractivity contribution < 1.29 is 14.4 Å². The van der Waals surface area contributed by atoms with Crippen molar-refractivity contribution in [1.82, 2.24) is 15.1 Å². The molecule has 1 atom stereocenters. The van der Waals surface area contributed by atoms with Gasteiger partial charge in [0.15, 0.2) is 5.82 Å². The molecule has 0 aliphatic carbocycles. The Morgan fingerprint density at radius 2 is 2.18 bits per heavy atom. The summed E-state index contributed by atoms with van der Waals surface area (Å²) in [5.74, 6) is 2.02. The van der Waals surface area contributed by atoms with Gasteiger partial charge in [0.1, 0.15) is 5.82 Å². The van der Waals surface area contributed by atoms with Gasteiger partial charge in [-0.1, -0.05) is 19.0 Å². The van der Waals surface area contributed by atoms with Crippen LogP contribution in [0.25, 0.3) is 11.5 Å². The predicted molar refractivity (Wildman–Crippen MR) is 82.6 cm³/mol. The summed E-state index contributed by atoms with van der Waals surface area (Å²) in [6.07, 6.45) is 1.10. The Kier molecular flexibility index (Phi) is 5.85. The van der Waals surface area contributed by atoms with Gasteiger partial charge in [-0.05, 0) is 19.1 Å². The molecular formula is C15H22N4O3. The molecule has 0 spiro atoms. The van der Waals surface area contributed by atoms with Crippen LogP contribution in [-0.2, 0) is 4.74 Å². The third-order valence-electron chi connectivity index (χ3n) is 3.00. The molecule has 2 heterocycles. The predicted octanol–water partition coefficient (Wildman–Crippen LogP) is 2.06. The molecule has 2 rings (SSSR count). The van der Waals surface area contributed by atoms with Crippen molar-refractivity contribution in [3.8, 4) is 11.5 Å². The van der Waals surface area contributed by atoms with Gasteiger partial charge in [-0.15, -0.1) is 0 Å². The molecule has 120 valence electrons. The van der Waals surface area contributed by atoms with Crippen molar-refractivity contribution in [1.29, 1.82) is 0 Å². The highest BCUT2D eigenvalue weighted by Gasteiger charge is 2.12. The number of rotatable bonds is 8. The Bertz CT molecular complexity index is 568. The Hall–Kier alpha value is -1.99. The van der Waals surface area contributed by atoms with E-state index in [4.69, 9.17) is 9.26 Å². The summed E-state index contributed by atoms with van der Waals surface area (Å²) < 4.78 is 10.4. The monoisotopic (exact) mass is 306 g/mol. The van der Waals surface area contributed by atoms with Gasteiger partial charge in [0.05, 0.1) is 18.3 Å². The number of nitrogens with zero attached hydrogens (tertiary/aromatic N) is 3. The average molecular weight is 306 g/mol. The maximum atomic E-state index is 9.68. The van der Waals surface area contributed by atoms with Crippen molar-refractivity contribution in [3.63, 3.8) is 0 Å². The van der Waals surface area contributed by atoms with Gasteiger partial charge in [0.2, 0.25) is 0 Å². The third-order valence-corrected chi connectivity index (χ3v) is 3.00. The molecule has 0 amide bonds. The molecule has 0 bridgehead atoms. The maximum Gasteiger partial charge on any atom is 0.259 e. The van der Waals surface area contributed by atoms with Crippen molar-refractivity contribution >= 4 is 5.82 Å². The van der Waals surface area contributed by atoms with Crippen LogP contribution in [0.15, 0.2) is 22.9 Å². The quantitative estimate of drug-likeness (QED) is 0.771. The molecule has 0 saturated heterocycles. The molecule has 2 aromatic rings. The number of nitrogens with one attached hydrogen (secondary N) is 1. The highest BCUT2D eigenvalue weighted by atomic mass is 16.5. The molecule has 0 unspecified atom stereocenters. The summed E-state index contributed by atoms with van der Waals surface area (Å²) >= 11 is 0. The molecule has 7 nitrogen and oxygen atoms in total. The van der Waals surface area contributed by atoms with Crippen LogP contribution < -0.4 is 5.32 Å². The minimum Gasteiger partial charge on any atom is -0.389 e. The first-order valence-corrected chi connectivity index (χ1v) is 7.39. The van der Waals surface area contributed by atoms with E-state index in [1.807, 2.05) is 32.9 Å². The second-order valence-electron chi connectivity index (χ2n) is 5.24. The molecule has 0 aliphatic heterocycles. The van der Waals surface area contributed by atoms with Crippen LogP contribution in [0, 0.1) is 0 Å². The Labute approximate surface area is 129 Å². The molecule has 0 fully saturated rings. The van der Waals surface area contributed by atoms with Crippen LogP contribution in [0.4, 0.5) is 5.82 Å². The number of pyridine rings is 1. The second-order valence-corrected chi connectivity index (χ2v) is 5.24. The van der Waals surface area contributed by atoms with E-state index in [1.165, 1.54) is 0 Å². The number of aromatic nitrogens is 3. The number of aliphatic hydroxyl groups is 1. The lowest BCUT2D eigenvalue weighted by molar-refractivity contribution is 0.0495. The van der Waals surface area contributed by atoms with Gasteiger partial charge in [-0.25, -0.2) is 4.98 Å². The normalized spacial score (nSPS) is 12.6. The lowest BCUT2D eigenvalue weighted by Crippen LogP contribution is -2.25. The maximum absolute atomic E-state index is 9.68. The molecule has 0 aliphatic rings. The largest absolute Gasteiger partial charge is 0.389 e. The molecule has 2 aromatic heterocycles. The fraction of sp³-hybridized carbons (Fsp3) is 0.533. The van der Waals surface area contributed by atoms with E-state index in [1.54, 1.807) is 6.20 Å². The van der Waals surface area contributed by atoms with Gasteiger partial charge in [-0.2, -0.15) is 4.98 Å². The average Bonchev–Trinajstić information content (AvgIpc) is 3.01. The van der Waals surface area contributed by atoms with Gasteiger partial charge in [0, 0.05) is 25.3 Å². The van der Waals surface area contributed by atoms with Crippen molar-refractivity contribution in [2.24, 2.45) is 0 Å². The van der Waals surface area contributed by atoms with Crippen LogP contribution in [0.2, 0.25) is 0 Å². The molecule has 0 aromatic carbocycles. The van der Waals surface area contributed by atoms with Crippen LogP contribution in [0.5, 0.6) is 0 Å². The van der Waals surface area contributed by atoms with E-state index in [2.05, 4.69) is 20.4 Å². The minimum absolute atomic E-state index is 0.221. The zero-order valence-corrected chi connectivity index (χ0v) is 13.1. The number of aliphatic hydroxyl groups excluding tert-OH is 1. The summed E-state index contributed by atoms with van der Waals surface area (Å²) in [4.78, 5) is 8.59. The van der Waals surface area contributed by atoms with Crippen LogP contribution in [0.1, 0.15) is 32.5 Å². The summed E-state index contributed by atoms with van der Waals surface area (Å²) in [7, 11) is 0. The lowest BCUT2D eigenvalue weighted by Gasteiger charge is -2.11. The fourth-order valence-electron chi connectivity index (χ4n) is 1.75. The molecule has 0 saturated carbocycles. The van der Waals surface area contributed by atoms with Gasteiger partial charge < -0.3 is 19.7 Å². The second kappa shape index (κ2) is 7.86. The number of ether oxygens (including phenoxy) is 1. The van der Waals surface area contributed by atoms with E-state index in [9.17, 15) is 5.11 Å². The zero-order valence-electron chi connectivity index (χ0n) is 13.1. The van der Waals surface area contributed by atoms with Crippen molar-refractivity contribution in [2.45, 2.75) is 32.8 Å². The van der Waals surface area contributed by atoms with E-state index in [0.717, 1.165) is 5.56 Å². The zero-order chi connectivity index (χ0) is 15.9. The standard InChI is InChI=1S/C15H22N4O3/c1-4-21-9-12(20)8-17-13-6-5-11(7-16-13)15-18-14(10(2)3)19-22-15/h5-7,10,12,20H,4,8-9H2,1-3H3,(H,16,17)/t12-/m0/s1. The van der Waals surface area contributed by atoms with E-state index in [-0.39, 0.29) is 5.92 Å². The topological polar surface area (TPSA) is 93.3 Å². The van der Waals surface area contributed by atoms with E-state index >= 15 is 0 Å². The Morgan fingerprint density at radius 3 is 2.77 bits per heavy atom. The van der Waals surface area contributed by atoms with E-state index in [0.29, 0.717) is 37.3 Å². The Balaban J connectivity index is 1.92. The summed E-state index contributed by atoms with van der Waals surface area (Å²) in [6, 6.07) is 3.66. The van der Waals surface area contributed by atoms with Gasteiger partial charge in [0.25, 0.3) is 5.89 Å². The third kappa shape index (κ3) is 4.51. The summed E-state index contributed by atoms with van der Waals surface area (Å²) in [5, 5.41) is 16.7. The first-order chi connectivity index (χ1) is 10.6. The summed E-state index contributed by atoms with van der Waals surface area (Å²) in [5.41, 5.74) is 0.764. The van der Waals surface area contributed by atoms with Gasteiger partial charge in [-0.3, -0.25) is 0 Å². The smallest absolute Gasteiger partial charge is 0.259 e.